The van der Waals surface area contributed by atoms with Gasteiger partial charge < -0.3 is 4.42 Å². The molecule has 0 N–H and O–H groups in total. The standard InChI is InChI=1S/C15H15ClO2S2/c1-8-9(2)20-13(7-19-8)14(17)12-6-10-4-3-5-11(16)15(10)18-12/h3-6,8-9,13H,7H2,1-2H3. The van der Waals surface area contributed by atoms with Gasteiger partial charge in [0.1, 0.15) is 0 Å². The summed E-state index contributed by atoms with van der Waals surface area (Å²) in [6.45, 7) is 4.39. The number of Topliss-reactive ketones (excluding diaryl/α,β-unsaturated/α-hetero) is 1. The topological polar surface area (TPSA) is 30.2 Å². The number of halogens is 1. The van der Waals surface area contributed by atoms with Crippen LogP contribution in [0.1, 0.15) is 24.4 Å². The number of para-hydroxylation sites is 1. The van der Waals surface area contributed by atoms with Crippen molar-refractivity contribution < 1.29 is 9.21 Å². The maximum atomic E-state index is 12.6. The van der Waals surface area contributed by atoms with Crippen LogP contribution in [-0.4, -0.2) is 27.3 Å². The zero-order chi connectivity index (χ0) is 14.3. The van der Waals surface area contributed by atoms with Crippen molar-refractivity contribution in [3.05, 3.63) is 35.0 Å². The van der Waals surface area contributed by atoms with Crippen LogP contribution in [-0.2, 0) is 0 Å². The molecule has 0 radical (unpaired) electrons. The summed E-state index contributed by atoms with van der Waals surface area (Å²) in [7, 11) is 0. The average molecular weight is 327 g/mol. The lowest BCUT2D eigenvalue weighted by Gasteiger charge is -2.29. The maximum absolute atomic E-state index is 12.6. The van der Waals surface area contributed by atoms with Crippen LogP contribution in [0.4, 0.5) is 0 Å². The Bertz CT molecular complexity index is 652. The highest BCUT2D eigenvalue weighted by Gasteiger charge is 2.32. The summed E-state index contributed by atoms with van der Waals surface area (Å²) in [4.78, 5) is 12.6. The van der Waals surface area contributed by atoms with Crippen molar-refractivity contribution in [2.45, 2.75) is 29.6 Å². The highest BCUT2D eigenvalue weighted by Crippen LogP contribution is 2.38. The number of carbonyl (C=O) groups is 1. The normalized spacial score (nSPS) is 26.9. The average Bonchev–Trinajstić information content (AvgIpc) is 2.86. The lowest BCUT2D eigenvalue weighted by atomic mass is 10.2. The van der Waals surface area contributed by atoms with Crippen molar-refractivity contribution in [2.75, 3.05) is 5.75 Å². The van der Waals surface area contributed by atoms with Crippen molar-refractivity contribution in [1.82, 2.24) is 0 Å². The third-order valence-corrected chi connectivity index (χ3v) is 7.27. The van der Waals surface area contributed by atoms with E-state index in [0.717, 1.165) is 11.1 Å². The molecule has 0 spiro atoms. The van der Waals surface area contributed by atoms with E-state index in [9.17, 15) is 4.79 Å². The van der Waals surface area contributed by atoms with E-state index in [-0.39, 0.29) is 11.0 Å². The van der Waals surface area contributed by atoms with Gasteiger partial charge in [-0.1, -0.05) is 37.6 Å². The van der Waals surface area contributed by atoms with E-state index >= 15 is 0 Å². The van der Waals surface area contributed by atoms with Crippen LogP contribution < -0.4 is 0 Å². The van der Waals surface area contributed by atoms with Crippen LogP contribution in [0.3, 0.4) is 0 Å². The quantitative estimate of drug-likeness (QED) is 0.735. The molecule has 1 fully saturated rings. The second-order valence-corrected chi connectivity index (χ2v) is 8.40. The van der Waals surface area contributed by atoms with Crippen LogP contribution in [0, 0.1) is 0 Å². The number of furan rings is 1. The van der Waals surface area contributed by atoms with Crippen molar-refractivity contribution in [3.63, 3.8) is 0 Å². The molecule has 5 heteroatoms. The molecule has 0 bridgehead atoms. The molecule has 3 rings (SSSR count). The summed E-state index contributed by atoms with van der Waals surface area (Å²) in [6.07, 6.45) is 0. The van der Waals surface area contributed by atoms with Crippen LogP contribution in [0.25, 0.3) is 11.0 Å². The minimum Gasteiger partial charge on any atom is -0.451 e. The smallest absolute Gasteiger partial charge is 0.211 e. The molecule has 1 aromatic carbocycles. The molecule has 1 saturated heterocycles. The van der Waals surface area contributed by atoms with Crippen LogP contribution in [0.15, 0.2) is 28.7 Å². The molecule has 1 aliphatic rings. The maximum Gasteiger partial charge on any atom is 0.211 e. The Morgan fingerprint density at radius 2 is 2.15 bits per heavy atom. The van der Waals surface area contributed by atoms with Gasteiger partial charge >= 0.3 is 0 Å². The van der Waals surface area contributed by atoms with Gasteiger partial charge in [0, 0.05) is 21.6 Å². The molecule has 1 aromatic heterocycles. The molecule has 0 saturated carbocycles. The Hall–Kier alpha value is -0.580. The zero-order valence-corrected chi connectivity index (χ0v) is 13.6. The molecule has 3 atom stereocenters. The Morgan fingerprint density at radius 3 is 2.85 bits per heavy atom. The van der Waals surface area contributed by atoms with Crippen molar-refractivity contribution >= 4 is 51.9 Å². The predicted octanol–water partition coefficient (Wildman–Crippen LogP) is 4.89. The van der Waals surface area contributed by atoms with E-state index in [2.05, 4.69) is 13.8 Å². The number of hydrogen-bond donors (Lipinski definition) is 0. The summed E-state index contributed by atoms with van der Waals surface area (Å²) in [6, 6.07) is 7.35. The molecule has 3 unspecified atom stereocenters. The molecule has 2 nitrogen and oxygen atoms in total. The summed E-state index contributed by atoms with van der Waals surface area (Å²) >= 11 is 9.69. The number of fused-ring (bicyclic) bond motifs is 1. The number of ketones is 1. The van der Waals surface area contributed by atoms with Crippen LogP contribution in [0.5, 0.6) is 0 Å². The van der Waals surface area contributed by atoms with E-state index in [4.69, 9.17) is 16.0 Å². The fourth-order valence-electron chi connectivity index (χ4n) is 2.23. The van der Waals surface area contributed by atoms with Gasteiger partial charge in [-0.15, -0.1) is 11.8 Å². The molecule has 1 aliphatic heterocycles. The molecular weight excluding hydrogens is 312 g/mol. The van der Waals surface area contributed by atoms with Gasteiger partial charge in [0.05, 0.1) is 10.3 Å². The summed E-state index contributed by atoms with van der Waals surface area (Å²) < 4.78 is 5.67. The van der Waals surface area contributed by atoms with E-state index in [1.807, 2.05) is 23.9 Å². The fraction of sp³-hybridized carbons (Fsp3) is 0.400. The summed E-state index contributed by atoms with van der Waals surface area (Å²) in [5, 5.41) is 2.49. The third kappa shape index (κ3) is 2.61. The van der Waals surface area contributed by atoms with Crippen molar-refractivity contribution in [2.24, 2.45) is 0 Å². The molecular formula is C15H15ClO2S2. The fourth-order valence-corrected chi connectivity index (χ4v) is 5.31. The predicted molar refractivity (Wildman–Crippen MR) is 88.3 cm³/mol. The van der Waals surface area contributed by atoms with Gasteiger partial charge in [-0.2, -0.15) is 11.8 Å². The van der Waals surface area contributed by atoms with Gasteiger partial charge in [0.2, 0.25) is 5.78 Å². The number of carbonyl (C=O) groups excluding carboxylic acids is 1. The number of hydrogen-bond acceptors (Lipinski definition) is 4. The molecule has 106 valence electrons. The Balaban J connectivity index is 1.87. The van der Waals surface area contributed by atoms with E-state index in [0.29, 0.717) is 26.9 Å². The van der Waals surface area contributed by atoms with Crippen LogP contribution in [0.2, 0.25) is 5.02 Å². The lowest BCUT2D eigenvalue weighted by Crippen LogP contribution is -2.31. The first-order valence-electron chi connectivity index (χ1n) is 6.55. The third-order valence-electron chi connectivity index (χ3n) is 3.58. The van der Waals surface area contributed by atoms with Gasteiger partial charge in [0.15, 0.2) is 11.3 Å². The summed E-state index contributed by atoms with van der Waals surface area (Å²) in [5.74, 6) is 1.35. The molecule has 0 aliphatic carbocycles. The Morgan fingerprint density at radius 1 is 1.35 bits per heavy atom. The summed E-state index contributed by atoms with van der Waals surface area (Å²) in [5.41, 5.74) is 0.604. The first-order chi connectivity index (χ1) is 9.56. The monoisotopic (exact) mass is 326 g/mol. The van der Waals surface area contributed by atoms with Crippen molar-refractivity contribution in [1.29, 1.82) is 0 Å². The van der Waals surface area contributed by atoms with E-state index < -0.39 is 0 Å². The highest BCUT2D eigenvalue weighted by molar-refractivity contribution is 8.08. The highest BCUT2D eigenvalue weighted by atomic mass is 35.5. The minimum atomic E-state index is -0.0227. The van der Waals surface area contributed by atoms with Gasteiger partial charge in [-0.05, 0) is 12.1 Å². The molecule has 2 aromatic rings. The number of benzene rings is 1. The van der Waals surface area contributed by atoms with Crippen molar-refractivity contribution in [3.8, 4) is 0 Å². The van der Waals surface area contributed by atoms with Gasteiger partial charge in [-0.3, -0.25) is 4.79 Å². The number of thioether (sulfide) groups is 2. The Kier molecular flexibility index (Phi) is 4.07. The van der Waals surface area contributed by atoms with Gasteiger partial charge in [0.25, 0.3) is 0 Å². The lowest BCUT2D eigenvalue weighted by molar-refractivity contribution is 0.0970. The molecule has 20 heavy (non-hydrogen) atoms. The van der Waals surface area contributed by atoms with Gasteiger partial charge in [-0.25, -0.2) is 0 Å². The van der Waals surface area contributed by atoms with Crippen LogP contribution >= 0.6 is 35.1 Å². The first kappa shape index (κ1) is 14.4. The molecule has 2 heterocycles. The second kappa shape index (κ2) is 5.66. The Labute approximate surface area is 131 Å². The zero-order valence-electron chi connectivity index (χ0n) is 11.3. The minimum absolute atomic E-state index is 0.0227. The second-order valence-electron chi connectivity index (χ2n) is 5.00. The molecule has 0 amide bonds. The first-order valence-corrected chi connectivity index (χ1v) is 8.92. The number of rotatable bonds is 2. The van der Waals surface area contributed by atoms with E-state index in [1.165, 1.54) is 0 Å². The largest absolute Gasteiger partial charge is 0.451 e. The SMILES string of the molecule is CC1SCC(C(=O)c2cc3cccc(Cl)c3o2)SC1C. The van der Waals surface area contributed by atoms with E-state index in [1.54, 1.807) is 23.9 Å².